The lowest BCUT2D eigenvalue weighted by atomic mass is 9.74. The van der Waals surface area contributed by atoms with Crippen molar-refractivity contribution in [2.24, 2.45) is 11.3 Å². The van der Waals surface area contributed by atoms with Crippen LogP contribution in [0.25, 0.3) is 0 Å². The Morgan fingerprint density at radius 2 is 1.82 bits per heavy atom. The number of likely N-dealkylation sites (tertiary alicyclic amines) is 2. The van der Waals surface area contributed by atoms with Crippen molar-refractivity contribution in [2.45, 2.75) is 102 Å². The summed E-state index contributed by atoms with van der Waals surface area (Å²) < 4.78 is 31.8. The highest BCUT2D eigenvalue weighted by atomic mass is 19.1. The lowest BCUT2D eigenvalue weighted by Crippen LogP contribution is -2.56. The minimum Gasteiger partial charge on any atom is -0.444 e. The summed E-state index contributed by atoms with van der Waals surface area (Å²) in [7, 11) is 1.71. The van der Waals surface area contributed by atoms with Crippen LogP contribution in [0.3, 0.4) is 0 Å². The number of fused-ring (bicyclic) bond motifs is 2. The fourth-order valence-corrected chi connectivity index (χ4v) is 6.34. The molecule has 7 atom stereocenters. The Hall–Kier alpha value is -1.45. The summed E-state index contributed by atoms with van der Waals surface area (Å²) in [5.74, 6) is 0.180. The van der Waals surface area contributed by atoms with Crippen molar-refractivity contribution >= 4 is 12.0 Å². The van der Waals surface area contributed by atoms with E-state index in [0.717, 1.165) is 25.7 Å². The molecule has 2 amide bonds. The van der Waals surface area contributed by atoms with Gasteiger partial charge >= 0.3 is 6.09 Å². The van der Waals surface area contributed by atoms with Gasteiger partial charge in [0.15, 0.2) is 0 Å². The van der Waals surface area contributed by atoms with Gasteiger partial charge in [0.2, 0.25) is 5.91 Å². The van der Waals surface area contributed by atoms with Crippen molar-refractivity contribution in [3.05, 3.63) is 0 Å². The van der Waals surface area contributed by atoms with Crippen molar-refractivity contribution in [3.8, 4) is 0 Å². The molecular weight excluding hydrogens is 441 g/mol. The minimum atomic E-state index is -1.24. The average Bonchev–Trinajstić information content (AvgIpc) is 3.44. The summed E-state index contributed by atoms with van der Waals surface area (Å²) in [6, 6.07) is -0.803. The second-order valence-corrected chi connectivity index (χ2v) is 11.8. The van der Waals surface area contributed by atoms with E-state index in [-0.39, 0.29) is 43.1 Å². The molecule has 4 rings (SSSR count). The van der Waals surface area contributed by atoms with Gasteiger partial charge < -0.3 is 24.4 Å². The quantitative estimate of drug-likeness (QED) is 0.648. The normalized spacial score (nSPS) is 38.1. The molecular formula is C25H42FN3O5. The smallest absolute Gasteiger partial charge is 0.410 e. The summed E-state index contributed by atoms with van der Waals surface area (Å²) in [4.78, 5) is 29.8. The molecule has 3 aliphatic heterocycles. The maximum atomic E-state index is 15.2. The third kappa shape index (κ3) is 4.67. The number of hydrogen-bond donors (Lipinski definition) is 1. The fraction of sp³-hybridized carbons (Fsp3) is 0.920. The number of hydrogen-bond acceptors (Lipinski definition) is 6. The molecule has 4 aliphatic rings. The van der Waals surface area contributed by atoms with E-state index in [1.54, 1.807) is 32.8 Å². The lowest BCUT2D eigenvalue weighted by Gasteiger charge is -2.41. The molecule has 3 unspecified atom stereocenters. The van der Waals surface area contributed by atoms with E-state index in [2.05, 4.69) is 19.2 Å². The fourth-order valence-electron chi connectivity index (χ4n) is 6.34. The number of alkyl halides is 1. The second-order valence-electron chi connectivity index (χ2n) is 11.8. The van der Waals surface area contributed by atoms with Crippen LogP contribution in [-0.2, 0) is 19.0 Å². The average molecular weight is 484 g/mol. The number of nitrogens with zero attached hydrogens (tertiary/aromatic N) is 2. The van der Waals surface area contributed by atoms with Gasteiger partial charge in [0.1, 0.15) is 11.8 Å². The van der Waals surface area contributed by atoms with E-state index in [1.165, 1.54) is 4.90 Å². The second kappa shape index (κ2) is 9.54. The number of ether oxygens (including phenoxy) is 3. The highest BCUT2D eigenvalue weighted by Gasteiger charge is 2.60. The molecule has 0 spiro atoms. The molecule has 4 fully saturated rings. The number of amides is 2. The maximum Gasteiger partial charge on any atom is 0.410 e. The molecule has 0 aromatic rings. The van der Waals surface area contributed by atoms with Crippen LogP contribution in [0.15, 0.2) is 0 Å². The van der Waals surface area contributed by atoms with E-state index in [4.69, 9.17) is 14.2 Å². The van der Waals surface area contributed by atoms with Crippen LogP contribution in [0.1, 0.15) is 60.3 Å². The number of methoxy groups -OCH3 is 1. The molecule has 1 saturated carbocycles. The molecule has 1 aliphatic carbocycles. The van der Waals surface area contributed by atoms with Crippen LogP contribution >= 0.6 is 0 Å². The first-order valence-electron chi connectivity index (χ1n) is 12.8. The van der Waals surface area contributed by atoms with Crippen molar-refractivity contribution in [3.63, 3.8) is 0 Å². The van der Waals surface area contributed by atoms with E-state index < -0.39 is 35.4 Å². The number of piperazine rings is 1. The lowest BCUT2D eigenvalue weighted by molar-refractivity contribution is -0.147. The highest BCUT2D eigenvalue weighted by Crippen LogP contribution is 2.48. The monoisotopic (exact) mass is 483 g/mol. The molecule has 34 heavy (non-hydrogen) atoms. The minimum absolute atomic E-state index is 0.0129. The highest BCUT2D eigenvalue weighted by molar-refractivity contribution is 5.85. The van der Waals surface area contributed by atoms with Gasteiger partial charge in [-0.1, -0.05) is 13.8 Å². The molecule has 0 radical (unpaired) electrons. The molecule has 9 heteroatoms. The first-order valence-corrected chi connectivity index (χ1v) is 12.8. The van der Waals surface area contributed by atoms with E-state index >= 15 is 4.39 Å². The summed E-state index contributed by atoms with van der Waals surface area (Å²) in [6.45, 7) is 11.3. The van der Waals surface area contributed by atoms with Gasteiger partial charge in [0.25, 0.3) is 0 Å². The van der Waals surface area contributed by atoms with Crippen molar-refractivity contribution in [1.82, 2.24) is 15.1 Å². The van der Waals surface area contributed by atoms with Crippen LogP contribution < -0.4 is 5.32 Å². The maximum absolute atomic E-state index is 15.2. The number of carbonyl (C=O) groups excluding carboxylic acids is 2. The zero-order chi connectivity index (χ0) is 24.8. The van der Waals surface area contributed by atoms with Crippen LogP contribution in [0.4, 0.5) is 9.18 Å². The van der Waals surface area contributed by atoms with Crippen molar-refractivity contribution in [1.29, 1.82) is 0 Å². The van der Waals surface area contributed by atoms with Gasteiger partial charge in [-0.25, -0.2) is 9.18 Å². The Kier molecular flexibility index (Phi) is 7.20. The van der Waals surface area contributed by atoms with E-state index in [9.17, 15) is 9.59 Å². The van der Waals surface area contributed by atoms with E-state index in [1.807, 2.05) is 0 Å². The third-order valence-electron chi connectivity index (χ3n) is 8.33. The Labute approximate surface area is 202 Å². The predicted molar refractivity (Wildman–Crippen MR) is 125 cm³/mol. The number of nitrogens with one attached hydrogen (secondary N) is 1. The first kappa shape index (κ1) is 25.6. The van der Waals surface area contributed by atoms with Crippen LogP contribution in [0.2, 0.25) is 0 Å². The largest absolute Gasteiger partial charge is 0.444 e. The zero-order valence-electron chi connectivity index (χ0n) is 21.5. The van der Waals surface area contributed by atoms with Gasteiger partial charge in [0.05, 0.1) is 30.2 Å². The van der Waals surface area contributed by atoms with Crippen LogP contribution in [-0.4, -0.2) is 97.3 Å². The predicted octanol–water partition coefficient (Wildman–Crippen LogP) is 2.74. The molecule has 1 N–H and O–H groups in total. The van der Waals surface area contributed by atoms with Crippen molar-refractivity contribution in [2.75, 3.05) is 33.4 Å². The molecule has 3 heterocycles. The molecule has 2 bridgehead atoms. The Bertz CT molecular complexity index is 774. The zero-order valence-corrected chi connectivity index (χ0v) is 21.5. The molecule has 0 aromatic carbocycles. The Morgan fingerprint density at radius 3 is 2.41 bits per heavy atom. The number of rotatable bonds is 5. The molecule has 0 aromatic heterocycles. The van der Waals surface area contributed by atoms with Gasteiger partial charge in [-0.05, 0) is 52.4 Å². The van der Waals surface area contributed by atoms with Crippen LogP contribution in [0.5, 0.6) is 0 Å². The van der Waals surface area contributed by atoms with Gasteiger partial charge in [-0.2, -0.15) is 0 Å². The van der Waals surface area contributed by atoms with Crippen molar-refractivity contribution < 1.29 is 28.2 Å². The topological polar surface area (TPSA) is 80.3 Å². The molecule has 3 saturated heterocycles. The van der Waals surface area contributed by atoms with Gasteiger partial charge in [-0.3, -0.25) is 9.69 Å². The summed E-state index contributed by atoms with van der Waals surface area (Å²) in [6.07, 6.45) is 1.59. The van der Waals surface area contributed by atoms with E-state index in [0.29, 0.717) is 13.2 Å². The number of halogens is 1. The number of carbonyl (C=O) groups is 2. The van der Waals surface area contributed by atoms with Crippen LogP contribution in [0, 0.1) is 11.3 Å². The van der Waals surface area contributed by atoms with Gasteiger partial charge in [0, 0.05) is 38.9 Å². The Balaban J connectivity index is 1.43. The Morgan fingerprint density at radius 1 is 1.15 bits per heavy atom. The standard InChI is InChI=1S/C25H42FN3O5/c1-15(2)25(9-7-16(11-25)27-17-8-10-33-14-20(17)32-6)22(30)28-12-19-21(26)18(28)13-29(19)23(31)34-24(3,4)5/h15-21,27H,7-14H2,1-6H3/t16-,17+,18?,19?,20-,21?,25+/m1/s1. The molecule has 194 valence electrons. The summed E-state index contributed by atoms with van der Waals surface area (Å²) in [5, 5.41) is 3.74. The molecule has 8 nitrogen and oxygen atoms in total. The first-order chi connectivity index (χ1) is 16.0. The summed E-state index contributed by atoms with van der Waals surface area (Å²) in [5.41, 5.74) is -1.16. The summed E-state index contributed by atoms with van der Waals surface area (Å²) >= 11 is 0. The SMILES string of the molecule is CO[C@@H]1COCC[C@@H]1N[C@@H]1CC[C@@](C(=O)N2CC3C(F)C2CN3C(=O)OC(C)(C)C)(C(C)C)C1. The van der Waals surface area contributed by atoms with Gasteiger partial charge in [-0.15, -0.1) is 0 Å². The third-order valence-corrected chi connectivity index (χ3v) is 8.33.